The molecule has 0 aromatic heterocycles. The summed E-state index contributed by atoms with van der Waals surface area (Å²) in [6.07, 6.45) is 6.55. The normalized spacial score (nSPS) is 20.8. The lowest BCUT2D eigenvalue weighted by Crippen LogP contribution is -2.54. The maximum atomic E-state index is 14.2. The first-order chi connectivity index (χ1) is 17.5. The molecule has 1 N–H and O–H groups in total. The van der Waals surface area contributed by atoms with Crippen molar-refractivity contribution in [1.29, 1.82) is 0 Å². The molecular weight excluding hydrogens is 473 g/mol. The maximum absolute atomic E-state index is 14.2. The lowest BCUT2D eigenvalue weighted by atomic mass is 9.93. The van der Waals surface area contributed by atoms with E-state index in [9.17, 15) is 14.0 Å². The van der Waals surface area contributed by atoms with E-state index in [0.29, 0.717) is 17.0 Å². The second-order valence-corrected chi connectivity index (χ2v) is 10.9. The van der Waals surface area contributed by atoms with Crippen molar-refractivity contribution in [1.82, 2.24) is 10.2 Å². The zero-order valence-corrected chi connectivity index (χ0v) is 22.0. The minimum atomic E-state index is -0.347. The third-order valence-corrected chi connectivity index (χ3v) is 8.40. The molecule has 2 atom stereocenters. The molecule has 2 amide bonds. The molecule has 1 saturated heterocycles. The number of hydrogen-bond acceptors (Lipinski definition) is 4. The molecule has 1 saturated carbocycles. The molecule has 4 rings (SSSR count). The van der Waals surface area contributed by atoms with Gasteiger partial charge in [0.25, 0.3) is 5.91 Å². The molecule has 5 nitrogen and oxygen atoms in total. The summed E-state index contributed by atoms with van der Waals surface area (Å²) < 4.78 is 14.2. The summed E-state index contributed by atoms with van der Waals surface area (Å²) in [6.45, 7) is 6.57. The van der Waals surface area contributed by atoms with Crippen LogP contribution in [0.4, 0.5) is 10.1 Å². The number of carbonyl (C=O) groups excluding carboxylic acids is 2. The van der Waals surface area contributed by atoms with Gasteiger partial charge in [-0.05, 0) is 62.9 Å². The van der Waals surface area contributed by atoms with Crippen LogP contribution in [0.1, 0.15) is 50.2 Å². The number of thioether (sulfide) groups is 1. The maximum Gasteiger partial charge on any atom is 0.261 e. The van der Waals surface area contributed by atoms with Crippen molar-refractivity contribution in [3.63, 3.8) is 0 Å². The molecule has 2 unspecified atom stereocenters. The minimum absolute atomic E-state index is 0.0462. The first-order valence-electron chi connectivity index (χ1n) is 13.0. The Morgan fingerprint density at radius 3 is 2.78 bits per heavy atom. The summed E-state index contributed by atoms with van der Waals surface area (Å²) in [5.74, 6) is -0.651. The van der Waals surface area contributed by atoms with E-state index in [2.05, 4.69) is 48.3 Å². The summed E-state index contributed by atoms with van der Waals surface area (Å²) in [6, 6.07) is 15.0. The fourth-order valence-electron chi connectivity index (χ4n) is 5.10. The molecule has 2 fully saturated rings. The van der Waals surface area contributed by atoms with E-state index in [1.807, 2.05) is 0 Å². The molecule has 36 heavy (non-hydrogen) atoms. The van der Waals surface area contributed by atoms with Gasteiger partial charge in [0.2, 0.25) is 5.91 Å². The highest BCUT2D eigenvalue weighted by Crippen LogP contribution is 2.42. The van der Waals surface area contributed by atoms with Crippen molar-refractivity contribution in [3.8, 4) is 0 Å². The summed E-state index contributed by atoms with van der Waals surface area (Å²) in [5.41, 5.74) is 2.83. The van der Waals surface area contributed by atoms with Crippen LogP contribution >= 0.6 is 11.8 Å². The zero-order valence-electron chi connectivity index (χ0n) is 21.2. The molecule has 0 bridgehead atoms. The number of anilines is 1. The summed E-state index contributed by atoms with van der Waals surface area (Å²) in [5, 5.41) is 3.26. The molecule has 2 aromatic carbocycles. The Hall–Kier alpha value is -2.80. The predicted octanol–water partition coefficient (Wildman–Crippen LogP) is 5.39. The molecule has 1 aliphatic heterocycles. The second kappa shape index (κ2) is 12.4. The Bertz CT molecular complexity index is 1110. The Balaban J connectivity index is 1.36. The number of halogens is 1. The number of amides is 2. The predicted molar refractivity (Wildman–Crippen MR) is 146 cm³/mol. The molecule has 0 spiro atoms. The Kier molecular flexibility index (Phi) is 9.08. The smallest absolute Gasteiger partial charge is 0.261 e. The monoisotopic (exact) mass is 509 g/mol. The van der Waals surface area contributed by atoms with E-state index < -0.39 is 0 Å². The minimum Gasteiger partial charge on any atom is -0.372 e. The van der Waals surface area contributed by atoms with E-state index >= 15 is 0 Å². The van der Waals surface area contributed by atoms with Gasteiger partial charge in [-0.15, -0.1) is 11.8 Å². The molecular formula is C29H36FN3O2S. The number of fused-ring (bicyclic) bond motifs is 1. The zero-order chi connectivity index (χ0) is 25.5. The standard InChI is InChI=1S/C29H36FN3O2S/c1-3-32(23-12-8-10-21(2)18-23)17-9-16-31-28(34)20-33-25-14-6-7-15-26(25)36-27(29(33)35)19-22-11-4-5-13-24(22)30/h4-5,8,10-13,18-19,25-26H,3,6-7,9,14-17,20H2,1-2H3,(H,31,34)/b27-19-. The molecule has 1 heterocycles. The molecule has 0 radical (unpaired) electrons. The summed E-state index contributed by atoms with van der Waals surface area (Å²) >= 11 is 1.55. The Labute approximate surface area is 218 Å². The molecule has 1 aliphatic carbocycles. The fraction of sp³-hybridized carbons (Fsp3) is 0.448. The van der Waals surface area contributed by atoms with Gasteiger partial charge in [-0.1, -0.05) is 43.2 Å². The van der Waals surface area contributed by atoms with E-state index in [-0.39, 0.29) is 35.5 Å². The van der Waals surface area contributed by atoms with Crippen LogP contribution in [0.25, 0.3) is 6.08 Å². The van der Waals surface area contributed by atoms with Crippen molar-refractivity contribution < 1.29 is 14.0 Å². The number of hydrogen-bond donors (Lipinski definition) is 1. The number of nitrogens with one attached hydrogen (secondary N) is 1. The van der Waals surface area contributed by atoms with Crippen molar-refractivity contribution in [3.05, 3.63) is 70.4 Å². The van der Waals surface area contributed by atoms with Crippen LogP contribution in [-0.2, 0) is 9.59 Å². The lowest BCUT2D eigenvalue weighted by molar-refractivity contribution is -0.135. The molecule has 192 valence electrons. The third-order valence-electron chi connectivity index (χ3n) is 7.00. The van der Waals surface area contributed by atoms with Crippen molar-refractivity contribution >= 4 is 35.3 Å². The van der Waals surface area contributed by atoms with Gasteiger partial charge in [-0.3, -0.25) is 9.59 Å². The largest absolute Gasteiger partial charge is 0.372 e. The van der Waals surface area contributed by atoms with Gasteiger partial charge < -0.3 is 15.1 Å². The number of nitrogens with zero attached hydrogens (tertiary/aromatic N) is 2. The van der Waals surface area contributed by atoms with Gasteiger partial charge in [0, 0.05) is 42.2 Å². The van der Waals surface area contributed by atoms with Gasteiger partial charge >= 0.3 is 0 Å². The molecule has 2 aliphatic rings. The van der Waals surface area contributed by atoms with Crippen LogP contribution in [0, 0.1) is 12.7 Å². The third kappa shape index (κ3) is 6.49. The summed E-state index contributed by atoms with van der Waals surface area (Å²) in [4.78, 5) is 30.8. The lowest BCUT2D eigenvalue weighted by Gasteiger charge is -2.43. The van der Waals surface area contributed by atoms with Crippen LogP contribution in [0.2, 0.25) is 0 Å². The Morgan fingerprint density at radius 2 is 2.00 bits per heavy atom. The van der Waals surface area contributed by atoms with Crippen molar-refractivity contribution in [2.45, 2.75) is 57.2 Å². The van der Waals surface area contributed by atoms with E-state index in [1.165, 1.54) is 17.3 Å². The van der Waals surface area contributed by atoms with E-state index in [4.69, 9.17) is 0 Å². The van der Waals surface area contributed by atoms with Gasteiger partial charge in [0.05, 0.1) is 4.91 Å². The van der Waals surface area contributed by atoms with Crippen molar-refractivity contribution in [2.75, 3.05) is 31.1 Å². The van der Waals surface area contributed by atoms with Crippen LogP contribution in [-0.4, -0.2) is 54.2 Å². The quantitative estimate of drug-likeness (QED) is 0.364. The van der Waals surface area contributed by atoms with E-state index in [0.717, 1.165) is 45.2 Å². The van der Waals surface area contributed by atoms with Crippen LogP contribution in [0.5, 0.6) is 0 Å². The van der Waals surface area contributed by atoms with Gasteiger partial charge in [0.1, 0.15) is 12.4 Å². The molecule has 2 aromatic rings. The highest BCUT2D eigenvalue weighted by Gasteiger charge is 2.41. The van der Waals surface area contributed by atoms with Crippen LogP contribution < -0.4 is 10.2 Å². The molecule has 7 heteroatoms. The van der Waals surface area contributed by atoms with Crippen molar-refractivity contribution in [2.24, 2.45) is 0 Å². The number of rotatable bonds is 9. The Morgan fingerprint density at radius 1 is 1.19 bits per heavy atom. The number of benzene rings is 2. The first-order valence-corrected chi connectivity index (χ1v) is 13.9. The van der Waals surface area contributed by atoms with Crippen LogP contribution in [0.3, 0.4) is 0 Å². The second-order valence-electron chi connectivity index (χ2n) is 9.59. The average Bonchev–Trinajstić information content (AvgIpc) is 2.88. The first kappa shape index (κ1) is 26.3. The summed E-state index contributed by atoms with van der Waals surface area (Å²) in [7, 11) is 0. The van der Waals surface area contributed by atoms with Gasteiger partial charge in [-0.2, -0.15) is 0 Å². The average molecular weight is 510 g/mol. The number of carbonyl (C=O) groups is 2. The SMILES string of the molecule is CCN(CCCNC(=O)CN1C(=O)/C(=C/c2ccccc2F)SC2CCCCC21)c1cccc(C)c1. The highest BCUT2D eigenvalue weighted by atomic mass is 32.2. The van der Waals surface area contributed by atoms with E-state index in [1.54, 1.807) is 40.9 Å². The fourth-order valence-corrected chi connectivity index (χ4v) is 6.56. The highest BCUT2D eigenvalue weighted by molar-refractivity contribution is 8.04. The van der Waals surface area contributed by atoms with Gasteiger partial charge in [-0.25, -0.2) is 4.39 Å². The topological polar surface area (TPSA) is 52.7 Å². The number of aryl methyl sites for hydroxylation is 1. The van der Waals surface area contributed by atoms with Gasteiger partial charge in [0.15, 0.2) is 0 Å². The van der Waals surface area contributed by atoms with Crippen LogP contribution in [0.15, 0.2) is 53.4 Å².